The van der Waals surface area contributed by atoms with Crippen LogP contribution in [0.3, 0.4) is 0 Å². The van der Waals surface area contributed by atoms with Gasteiger partial charge in [-0.2, -0.15) is 14.5 Å². The normalized spacial score (nSPS) is 10.8. The van der Waals surface area contributed by atoms with Gasteiger partial charge in [-0.15, -0.1) is 11.3 Å². The van der Waals surface area contributed by atoms with Crippen LogP contribution in [0.4, 0.5) is 5.13 Å². The zero-order valence-electron chi connectivity index (χ0n) is 12.0. The van der Waals surface area contributed by atoms with Gasteiger partial charge in [-0.3, -0.25) is 9.48 Å². The van der Waals surface area contributed by atoms with E-state index in [0.29, 0.717) is 17.4 Å². The van der Waals surface area contributed by atoms with Gasteiger partial charge in [-0.1, -0.05) is 0 Å². The van der Waals surface area contributed by atoms with Crippen LogP contribution in [0.2, 0.25) is 0 Å². The van der Waals surface area contributed by atoms with Crippen LogP contribution in [-0.2, 0) is 11.3 Å². The van der Waals surface area contributed by atoms with Crippen LogP contribution < -0.4 is 5.32 Å². The molecule has 3 aromatic heterocycles. The van der Waals surface area contributed by atoms with E-state index < -0.39 is 0 Å². The molecule has 0 aliphatic rings. The first-order chi connectivity index (χ1) is 10.7. The number of carbonyl (C=O) groups is 1. The maximum absolute atomic E-state index is 11.9. The Hall–Kier alpha value is -2.06. The number of aromatic nitrogens is 4. The van der Waals surface area contributed by atoms with E-state index in [9.17, 15) is 4.79 Å². The van der Waals surface area contributed by atoms with Crippen LogP contribution in [0.5, 0.6) is 0 Å². The monoisotopic (exact) mass is 333 g/mol. The third kappa shape index (κ3) is 3.77. The lowest BCUT2D eigenvalue weighted by Crippen LogP contribution is -2.12. The van der Waals surface area contributed by atoms with Gasteiger partial charge in [-0.05, 0) is 31.5 Å². The van der Waals surface area contributed by atoms with Crippen LogP contribution in [0.1, 0.15) is 17.7 Å². The van der Waals surface area contributed by atoms with Crippen molar-refractivity contribution in [1.29, 1.82) is 0 Å². The summed E-state index contributed by atoms with van der Waals surface area (Å²) in [6, 6.07) is 5.90. The molecule has 0 saturated carbocycles. The van der Waals surface area contributed by atoms with Crippen LogP contribution in [-0.4, -0.2) is 25.0 Å². The smallest absolute Gasteiger partial charge is 0.226 e. The van der Waals surface area contributed by atoms with Gasteiger partial charge in [0.25, 0.3) is 0 Å². The van der Waals surface area contributed by atoms with Gasteiger partial charge in [0, 0.05) is 41.8 Å². The Balaban J connectivity index is 1.50. The van der Waals surface area contributed by atoms with Crippen molar-refractivity contribution in [3.05, 3.63) is 35.5 Å². The molecule has 3 aromatic rings. The van der Waals surface area contributed by atoms with E-state index in [1.807, 2.05) is 36.0 Å². The molecule has 0 fully saturated rings. The molecule has 8 heteroatoms. The highest BCUT2D eigenvalue weighted by Crippen LogP contribution is 2.27. The van der Waals surface area contributed by atoms with Crippen molar-refractivity contribution < 1.29 is 4.79 Å². The molecule has 0 aromatic carbocycles. The summed E-state index contributed by atoms with van der Waals surface area (Å²) >= 11 is 2.85. The molecule has 3 rings (SSSR count). The number of nitrogens with one attached hydrogen (secondary N) is 1. The van der Waals surface area contributed by atoms with Crippen molar-refractivity contribution in [2.45, 2.75) is 26.3 Å². The first-order valence-corrected chi connectivity index (χ1v) is 8.47. The Labute approximate surface area is 136 Å². The van der Waals surface area contributed by atoms with Crippen molar-refractivity contribution in [3.8, 4) is 10.7 Å². The highest BCUT2D eigenvalue weighted by Gasteiger charge is 2.10. The predicted molar refractivity (Wildman–Crippen MR) is 88.0 cm³/mol. The summed E-state index contributed by atoms with van der Waals surface area (Å²) in [6.07, 6.45) is 4.79. The quantitative estimate of drug-likeness (QED) is 0.752. The van der Waals surface area contributed by atoms with E-state index in [-0.39, 0.29) is 5.91 Å². The van der Waals surface area contributed by atoms with Crippen LogP contribution >= 0.6 is 22.9 Å². The SMILES string of the molecule is Cc1ccc(-c2nsc(NC(=O)CCCn3cccn3)n2)s1. The van der Waals surface area contributed by atoms with E-state index in [1.54, 1.807) is 17.5 Å². The molecule has 0 atom stereocenters. The van der Waals surface area contributed by atoms with Gasteiger partial charge in [-0.25, -0.2) is 0 Å². The lowest BCUT2D eigenvalue weighted by Gasteiger charge is -2.01. The molecule has 0 aliphatic carbocycles. The highest BCUT2D eigenvalue weighted by atomic mass is 32.1. The minimum atomic E-state index is -0.0442. The standard InChI is InChI=1S/C14H15N5OS2/c1-10-5-6-11(21-10)13-17-14(22-18-13)16-12(20)4-2-8-19-9-3-7-15-19/h3,5-7,9H,2,4,8H2,1H3,(H,16,17,18,20). The lowest BCUT2D eigenvalue weighted by molar-refractivity contribution is -0.116. The molecule has 1 amide bonds. The molecule has 0 unspecified atom stereocenters. The van der Waals surface area contributed by atoms with Gasteiger partial charge in [0.2, 0.25) is 11.0 Å². The van der Waals surface area contributed by atoms with Gasteiger partial charge in [0.15, 0.2) is 5.82 Å². The Morgan fingerprint density at radius 2 is 2.32 bits per heavy atom. The van der Waals surface area contributed by atoms with Crippen LogP contribution in [0, 0.1) is 6.92 Å². The fourth-order valence-electron chi connectivity index (χ4n) is 1.95. The summed E-state index contributed by atoms with van der Waals surface area (Å²) in [6.45, 7) is 2.78. The molecule has 0 spiro atoms. The average Bonchev–Trinajstić information content (AvgIpc) is 3.20. The largest absolute Gasteiger partial charge is 0.301 e. The summed E-state index contributed by atoms with van der Waals surface area (Å²) < 4.78 is 6.10. The van der Waals surface area contributed by atoms with E-state index in [4.69, 9.17) is 0 Å². The summed E-state index contributed by atoms with van der Waals surface area (Å²) in [7, 11) is 0. The number of anilines is 1. The number of nitrogens with zero attached hydrogens (tertiary/aromatic N) is 4. The second-order valence-electron chi connectivity index (χ2n) is 4.75. The molecular formula is C14H15N5OS2. The third-order valence-electron chi connectivity index (χ3n) is 2.98. The average molecular weight is 333 g/mol. The van der Waals surface area contributed by atoms with E-state index in [2.05, 4.69) is 19.8 Å². The summed E-state index contributed by atoms with van der Waals surface area (Å²) in [5.74, 6) is 0.632. The van der Waals surface area contributed by atoms with E-state index in [1.165, 1.54) is 16.4 Å². The fourth-order valence-corrected chi connectivity index (χ4v) is 3.40. The molecule has 0 radical (unpaired) electrons. The predicted octanol–water partition coefficient (Wildman–Crippen LogP) is 3.19. The van der Waals surface area contributed by atoms with Crippen molar-refractivity contribution in [1.82, 2.24) is 19.1 Å². The Bertz CT molecular complexity index is 747. The summed E-state index contributed by atoms with van der Waals surface area (Å²) in [4.78, 5) is 18.5. The molecule has 22 heavy (non-hydrogen) atoms. The second kappa shape index (κ2) is 6.80. The molecule has 0 saturated heterocycles. The van der Waals surface area contributed by atoms with Crippen LogP contribution in [0.15, 0.2) is 30.6 Å². The Morgan fingerprint density at radius 3 is 3.05 bits per heavy atom. The number of hydrogen-bond donors (Lipinski definition) is 1. The summed E-state index contributed by atoms with van der Waals surface area (Å²) in [5, 5.41) is 7.45. The molecular weight excluding hydrogens is 318 g/mol. The molecule has 1 N–H and O–H groups in total. The minimum Gasteiger partial charge on any atom is -0.301 e. The fraction of sp³-hybridized carbons (Fsp3) is 0.286. The van der Waals surface area contributed by atoms with E-state index in [0.717, 1.165) is 17.8 Å². The van der Waals surface area contributed by atoms with Crippen molar-refractivity contribution in [3.63, 3.8) is 0 Å². The molecule has 114 valence electrons. The van der Waals surface area contributed by atoms with Gasteiger partial charge in [0.05, 0.1) is 4.88 Å². The van der Waals surface area contributed by atoms with Gasteiger partial charge >= 0.3 is 0 Å². The number of hydrogen-bond acceptors (Lipinski definition) is 6. The first kappa shape index (κ1) is 14.9. The number of aryl methyl sites for hydroxylation is 2. The zero-order chi connectivity index (χ0) is 15.4. The summed E-state index contributed by atoms with van der Waals surface area (Å²) in [5.41, 5.74) is 0. The molecule has 6 nitrogen and oxygen atoms in total. The number of rotatable bonds is 6. The highest BCUT2D eigenvalue weighted by molar-refractivity contribution is 7.15. The Morgan fingerprint density at radius 1 is 1.41 bits per heavy atom. The molecule has 3 heterocycles. The number of carbonyl (C=O) groups excluding carboxylic acids is 1. The maximum Gasteiger partial charge on any atom is 0.226 e. The minimum absolute atomic E-state index is 0.0442. The molecule has 0 aliphatic heterocycles. The Kier molecular flexibility index (Phi) is 4.59. The maximum atomic E-state index is 11.9. The second-order valence-corrected chi connectivity index (χ2v) is 6.79. The van der Waals surface area contributed by atoms with Crippen molar-refractivity contribution in [2.75, 3.05) is 5.32 Å². The van der Waals surface area contributed by atoms with Crippen LogP contribution in [0.25, 0.3) is 10.7 Å². The van der Waals surface area contributed by atoms with Crippen molar-refractivity contribution >= 4 is 33.9 Å². The number of amides is 1. The van der Waals surface area contributed by atoms with Crippen molar-refractivity contribution in [2.24, 2.45) is 0 Å². The lowest BCUT2D eigenvalue weighted by atomic mass is 10.3. The van der Waals surface area contributed by atoms with E-state index >= 15 is 0 Å². The molecule has 0 bridgehead atoms. The van der Waals surface area contributed by atoms with Gasteiger partial charge < -0.3 is 5.32 Å². The number of thiophene rings is 1. The topological polar surface area (TPSA) is 72.7 Å². The third-order valence-corrected chi connectivity index (χ3v) is 4.61. The first-order valence-electron chi connectivity index (χ1n) is 6.88. The van der Waals surface area contributed by atoms with Gasteiger partial charge in [0.1, 0.15) is 0 Å². The zero-order valence-corrected chi connectivity index (χ0v) is 13.7.